The van der Waals surface area contributed by atoms with E-state index in [1.165, 1.54) is 30.7 Å². The number of nitrogens with zero attached hydrogens (tertiary/aromatic N) is 1. The lowest BCUT2D eigenvalue weighted by Gasteiger charge is -2.21. The molecular weight excluding hydrogens is 160 g/mol. The highest BCUT2D eigenvalue weighted by Crippen LogP contribution is 2.12. The summed E-state index contributed by atoms with van der Waals surface area (Å²) in [5.74, 6) is 0.889. The molecule has 76 valence electrons. The molecule has 0 aliphatic carbocycles. The third-order valence-electron chi connectivity index (χ3n) is 2.79. The topological polar surface area (TPSA) is 7.68 Å². The maximum Gasteiger partial charge on any atom is 0.156 e. The van der Waals surface area contributed by atoms with Crippen molar-refractivity contribution < 1.29 is 4.90 Å². The first-order valence-corrected chi connectivity index (χ1v) is 5.51. The van der Waals surface area contributed by atoms with Gasteiger partial charge in [0.2, 0.25) is 0 Å². The minimum absolute atomic E-state index is 0.889. The van der Waals surface area contributed by atoms with Gasteiger partial charge in [-0.05, 0) is 12.3 Å². The van der Waals surface area contributed by atoms with Crippen LogP contribution in [0.3, 0.4) is 0 Å². The summed E-state index contributed by atoms with van der Waals surface area (Å²) >= 11 is 0. The van der Waals surface area contributed by atoms with Crippen LogP contribution >= 0.6 is 0 Å². The van der Waals surface area contributed by atoms with E-state index in [4.69, 9.17) is 0 Å². The van der Waals surface area contributed by atoms with Gasteiger partial charge in [0, 0.05) is 6.54 Å². The van der Waals surface area contributed by atoms with Gasteiger partial charge in [-0.1, -0.05) is 26.7 Å². The Hall–Kier alpha value is -0.500. The smallest absolute Gasteiger partial charge is 0.156 e. The highest BCUT2D eigenvalue weighted by Gasteiger charge is 2.16. The van der Waals surface area contributed by atoms with E-state index in [9.17, 15) is 0 Å². The van der Waals surface area contributed by atoms with Gasteiger partial charge in [-0.25, -0.2) is 0 Å². The van der Waals surface area contributed by atoms with Gasteiger partial charge in [-0.2, -0.15) is 0 Å². The minimum Gasteiger partial charge on any atom is -0.326 e. The molecule has 1 N–H and O–H groups in total. The molecule has 1 rings (SSSR count). The van der Waals surface area contributed by atoms with Gasteiger partial charge in [-0.15, -0.1) is 0 Å². The monoisotopic (exact) mass is 183 g/mol. The maximum atomic E-state index is 2.44. The molecule has 2 unspecified atom stereocenters. The predicted octanol–water partition coefficient (Wildman–Crippen LogP) is 1.07. The van der Waals surface area contributed by atoms with Crippen LogP contribution in [0.2, 0.25) is 0 Å². The molecule has 0 amide bonds. The molecule has 13 heavy (non-hydrogen) atoms. The Morgan fingerprint density at radius 3 is 2.69 bits per heavy atom. The fourth-order valence-electron chi connectivity index (χ4n) is 1.95. The number of quaternary nitrogens is 1. The first kappa shape index (κ1) is 10.6. The summed E-state index contributed by atoms with van der Waals surface area (Å²) in [4.78, 5) is 3.94. The molecule has 2 atom stereocenters. The molecule has 0 aromatic carbocycles. The van der Waals surface area contributed by atoms with Crippen molar-refractivity contribution in [3.8, 4) is 0 Å². The summed E-state index contributed by atoms with van der Waals surface area (Å²) in [5, 5.41) is 0. The van der Waals surface area contributed by atoms with Crippen LogP contribution in [0.25, 0.3) is 0 Å². The highest BCUT2D eigenvalue weighted by atomic mass is 15.3. The lowest BCUT2D eigenvalue weighted by Crippen LogP contribution is -3.03. The largest absolute Gasteiger partial charge is 0.326 e. The Labute approximate surface area is 82.2 Å². The van der Waals surface area contributed by atoms with Crippen molar-refractivity contribution in [3.63, 3.8) is 0 Å². The standard InChI is InChI=1S/C11H22N2/c1-4-6-11(5-2)9-13-8-7-12(3)10-13/h7-8,11H,4-6,9-10H2,1-3H3/p+1. The number of rotatable bonds is 5. The SMILES string of the molecule is CCCC(CC)CN1C=C[NH+](C)C1. The molecule has 1 aliphatic heterocycles. The van der Waals surface area contributed by atoms with E-state index in [1.54, 1.807) is 0 Å². The molecule has 0 fully saturated rings. The second-order valence-electron chi connectivity index (χ2n) is 4.15. The average Bonchev–Trinajstić information content (AvgIpc) is 2.50. The molecular formula is C11H23N2+. The number of hydrogen-bond donors (Lipinski definition) is 1. The van der Waals surface area contributed by atoms with Crippen LogP contribution in [0.15, 0.2) is 12.4 Å². The van der Waals surface area contributed by atoms with Crippen LogP contribution < -0.4 is 4.90 Å². The Balaban J connectivity index is 2.26. The van der Waals surface area contributed by atoms with Gasteiger partial charge in [-0.3, -0.25) is 4.90 Å². The molecule has 0 radical (unpaired) electrons. The van der Waals surface area contributed by atoms with Gasteiger partial charge in [0.15, 0.2) is 6.67 Å². The van der Waals surface area contributed by atoms with E-state index in [1.807, 2.05) is 0 Å². The molecule has 0 aromatic rings. The number of hydrogen-bond acceptors (Lipinski definition) is 1. The third-order valence-corrected chi connectivity index (χ3v) is 2.79. The summed E-state index contributed by atoms with van der Waals surface area (Å²) in [7, 11) is 2.21. The molecule has 0 saturated heterocycles. The molecule has 2 heteroatoms. The van der Waals surface area contributed by atoms with E-state index in [-0.39, 0.29) is 0 Å². The fraction of sp³-hybridized carbons (Fsp3) is 0.818. The molecule has 2 nitrogen and oxygen atoms in total. The van der Waals surface area contributed by atoms with E-state index in [2.05, 4.69) is 38.2 Å². The van der Waals surface area contributed by atoms with Crippen molar-refractivity contribution in [2.24, 2.45) is 5.92 Å². The fourth-order valence-corrected chi connectivity index (χ4v) is 1.95. The van der Waals surface area contributed by atoms with Crippen LogP contribution in [-0.4, -0.2) is 25.2 Å². The average molecular weight is 183 g/mol. The Morgan fingerprint density at radius 1 is 1.46 bits per heavy atom. The molecule has 0 aromatic heterocycles. The molecule has 1 heterocycles. The van der Waals surface area contributed by atoms with Crippen LogP contribution in [0.1, 0.15) is 33.1 Å². The van der Waals surface area contributed by atoms with Crippen LogP contribution in [-0.2, 0) is 0 Å². The summed E-state index contributed by atoms with van der Waals surface area (Å²) in [6.07, 6.45) is 8.49. The van der Waals surface area contributed by atoms with Crippen LogP contribution in [0.4, 0.5) is 0 Å². The van der Waals surface area contributed by atoms with Crippen molar-refractivity contribution in [3.05, 3.63) is 12.4 Å². The Morgan fingerprint density at radius 2 is 2.23 bits per heavy atom. The number of nitrogens with one attached hydrogen (secondary N) is 1. The summed E-state index contributed by atoms with van der Waals surface area (Å²) in [6.45, 7) is 6.98. The van der Waals surface area contributed by atoms with E-state index < -0.39 is 0 Å². The van der Waals surface area contributed by atoms with Gasteiger partial charge in [0.25, 0.3) is 0 Å². The lowest BCUT2D eigenvalue weighted by molar-refractivity contribution is -0.826. The summed E-state index contributed by atoms with van der Waals surface area (Å²) < 4.78 is 0. The zero-order valence-corrected chi connectivity index (χ0v) is 9.21. The second kappa shape index (κ2) is 5.28. The first-order valence-electron chi connectivity index (χ1n) is 5.51. The summed E-state index contributed by atoms with van der Waals surface area (Å²) in [6, 6.07) is 0. The van der Waals surface area contributed by atoms with Gasteiger partial charge < -0.3 is 4.90 Å². The van der Waals surface area contributed by atoms with E-state index >= 15 is 0 Å². The highest BCUT2D eigenvalue weighted by molar-refractivity contribution is 4.79. The predicted molar refractivity (Wildman–Crippen MR) is 56.3 cm³/mol. The van der Waals surface area contributed by atoms with Crippen molar-refractivity contribution in [2.45, 2.75) is 33.1 Å². The zero-order chi connectivity index (χ0) is 9.68. The van der Waals surface area contributed by atoms with Crippen LogP contribution in [0.5, 0.6) is 0 Å². The molecule has 0 saturated carbocycles. The molecule has 0 bridgehead atoms. The third kappa shape index (κ3) is 3.39. The molecule has 0 spiro atoms. The normalized spacial score (nSPS) is 23.9. The van der Waals surface area contributed by atoms with Crippen molar-refractivity contribution >= 4 is 0 Å². The summed E-state index contributed by atoms with van der Waals surface area (Å²) in [5.41, 5.74) is 0. The maximum absolute atomic E-state index is 2.44. The Bertz CT molecular complexity index is 165. The van der Waals surface area contributed by atoms with Gasteiger partial charge in [0.1, 0.15) is 6.20 Å². The Kier molecular flexibility index (Phi) is 4.29. The van der Waals surface area contributed by atoms with Gasteiger partial charge >= 0.3 is 0 Å². The van der Waals surface area contributed by atoms with Gasteiger partial charge in [0.05, 0.1) is 13.2 Å². The van der Waals surface area contributed by atoms with Crippen molar-refractivity contribution in [1.82, 2.24) is 4.90 Å². The lowest BCUT2D eigenvalue weighted by atomic mass is 10.0. The second-order valence-corrected chi connectivity index (χ2v) is 4.15. The minimum atomic E-state index is 0.889. The first-order chi connectivity index (χ1) is 6.26. The van der Waals surface area contributed by atoms with Crippen molar-refractivity contribution in [1.29, 1.82) is 0 Å². The van der Waals surface area contributed by atoms with E-state index in [0.29, 0.717) is 0 Å². The zero-order valence-electron chi connectivity index (χ0n) is 9.21. The van der Waals surface area contributed by atoms with Crippen molar-refractivity contribution in [2.75, 3.05) is 20.3 Å². The molecule has 1 aliphatic rings. The van der Waals surface area contributed by atoms with E-state index in [0.717, 1.165) is 12.6 Å². The van der Waals surface area contributed by atoms with Crippen LogP contribution in [0, 0.1) is 5.92 Å². The quantitative estimate of drug-likeness (QED) is 0.670.